The third-order valence-corrected chi connectivity index (χ3v) is 3.38. The van der Waals surface area contributed by atoms with E-state index in [0.717, 1.165) is 11.1 Å². The summed E-state index contributed by atoms with van der Waals surface area (Å²) in [4.78, 5) is 23.5. The summed E-state index contributed by atoms with van der Waals surface area (Å²) in [6, 6.07) is 14.7. The first-order valence-corrected chi connectivity index (χ1v) is 6.45. The largest absolute Gasteiger partial charge is 0.478 e. The van der Waals surface area contributed by atoms with Crippen LogP contribution in [-0.2, 0) is 0 Å². The lowest BCUT2D eigenvalue weighted by molar-refractivity contribution is 0.0696. The van der Waals surface area contributed by atoms with Crippen molar-refractivity contribution < 1.29 is 14.7 Å². The predicted octanol–water partition coefficient (Wildman–Crippen LogP) is 2.98. The summed E-state index contributed by atoms with van der Waals surface area (Å²) in [6.45, 7) is 1.84. The molecule has 0 saturated carbocycles. The summed E-state index contributed by atoms with van der Waals surface area (Å²) in [5.74, 6) is -1.15. The normalized spacial score (nSPS) is 10.7. The number of benzene rings is 1. The Bertz CT molecular complexity index is 844. The summed E-state index contributed by atoms with van der Waals surface area (Å²) in [5.41, 5.74) is 2.78. The summed E-state index contributed by atoms with van der Waals surface area (Å²) in [7, 11) is 0. The summed E-state index contributed by atoms with van der Waals surface area (Å²) in [5, 5.41) is 8.89. The highest BCUT2D eigenvalue weighted by Crippen LogP contribution is 2.19. The minimum atomic E-state index is -1.01. The van der Waals surface area contributed by atoms with Crippen LogP contribution in [0.25, 0.3) is 5.52 Å². The zero-order chi connectivity index (χ0) is 15.0. The lowest BCUT2D eigenvalue weighted by Crippen LogP contribution is -2.07. The molecular formula is C17H12NO3. The third-order valence-electron chi connectivity index (χ3n) is 3.38. The lowest BCUT2D eigenvalue weighted by Gasteiger charge is -2.04. The molecule has 21 heavy (non-hydrogen) atoms. The van der Waals surface area contributed by atoms with Gasteiger partial charge >= 0.3 is 5.97 Å². The molecule has 2 aromatic heterocycles. The zero-order valence-corrected chi connectivity index (χ0v) is 11.3. The van der Waals surface area contributed by atoms with Crippen molar-refractivity contribution in [3.8, 4) is 0 Å². The molecule has 3 aromatic rings. The van der Waals surface area contributed by atoms with Crippen LogP contribution < -0.4 is 0 Å². The van der Waals surface area contributed by atoms with Gasteiger partial charge in [-0.15, -0.1) is 0 Å². The van der Waals surface area contributed by atoms with Gasteiger partial charge in [0.25, 0.3) is 0 Å². The molecule has 0 atom stereocenters. The standard InChI is InChI=1S/C17H12NO3/c1-11-10-14-4-2-3-9-18(14)15(11)16(19)12-5-7-13(8-6-12)17(20)21/h2-9H,1H3,(H,20,21). The molecule has 0 amide bonds. The number of aromatic nitrogens is 1. The number of rotatable bonds is 3. The summed E-state index contributed by atoms with van der Waals surface area (Å²) in [6.07, 6.45) is 1.82. The number of carboxylic acid groups (broad SMARTS) is 1. The lowest BCUT2D eigenvalue weighted by atomic mass is 10.0. The third kappa shape index (κ3) is 2.21. The van der Waals surface area contributed by atoms with Crippen molar-refractivity contribution in [3.63, 3.8) is 0 Å². The number of ketones is 1. The molecule has 4 heteroatoms. The van der Waals surface area contributed by atoms with E-state index < -0.39 is 5.97 Å². The van der Waals surface area contributed by atoms with E-state index in [-0.39, 0.29) is 11.3 Å². The molecule has 2 heterocycles. The molecule has 0 spiro atoms. The van der Waals surface area contributed by atoms with Crippen molar-refractivity contribution in [1.82, 2.24) is 4.40 Å². The van der Waals surface area contributed by atoms with Gasteiger partial charge in [-0.3, -0.25) is 4.79 Å². The fourth-order valence-corrected chi connectivity index (χ4v) is 2.35. The number of hydrogen-bond donors (Lipinski definition) is 1. The van der Waals surface area contributed by atoms with Crippen LogP contribution in [-0.4, -0.2) is 21.3 Å². The molecule has 4 nitrogen and oxygen atoms in total. The number of carbonyl (C=O) groups is 2. The van der Waals surface area contributed by atoms with Crippen molar-refractivity contribution in [2.24, 2.45) is 0 Å². The number of carbonyl (C=O) groups excluding carboxylic acids is 1. The Kier molecular flexibility index (Phi) is 3.06. The molecule has 0 aliphatic heterocycles. The van der Waals surface area contributed by atoms with Crippen LogP contribution in [0.4, 0.5) is 0 Å². The Labute approximate surface area is 121 Å². The van der Waals surface area contributed by atoms with Gasteiger partial charge in [0, 0.05) is 17.8 Å². The van der Waals surface area contributed by atoms with Gasteiger partial charge in [-0.25, -0.2) is 4.79 Å². The van der Waals surface area contributed by atoms with Crippen molar-refractivity contribution in [3.05, 3.63) is 77.1 Å². The second kappa shape index (κ2) is 4.90. The highest BCUT2D eigenvalue weighted by Gasteiger charge is 2.17. The Balaban J connectivity index is 2.08. The smallest absolute Gasteiger partial charge is 0.335 e. The van der Waals surface area contributed by atoms with Crippen LogP contribution in [0, 0.1) is 13.0 Å². The van der Waals surface area contributed by atoms with E-state index in [2.05, 4.69) is 6.07 Å². The van der Waals surface area contributed by atoms with Gasteiger partial charge in [0.15, 0.2) is 0 Å². The molecule has 0 saturated heterocycles. The van der Waals surface area contributed by atoms with Crippen molar-refractivity contribution >= 4 is 17.3 Å². The van der Waals surface area contributed by atoms with Crippen LogP contribution in [0.15, 0.2) is 48.7 Å². The second-order valence-electron chi connectivity index (χ2n) is 4.77. The SMILES string of the molecule is Cc1[c]c2ccccn2c1C(=O)c1ccc(C(=O)O)cc1. The fourth-order valence-electron chi connectivity index (χ4n) is 2.35. The van der Waals surface area contributed by atoms with Crippen LogP contribution >= 0.6 is 0 Å². The molecule has 0 bridgehead atoms. The molecule has 0 unspecified atom stereocenters. The first kappa shape index (κ1) is 13.1. The summed E-state index contributed by atoms with van der Waals surface area (Å²) < 4.78 is 1.79. The topological polar surface area (TPSA) is 58.8 Å². The van der Waals surface area contributed by atoms with Gasteiger partial charge < -0.3 is 9.51 Å². The Hall–Kier alpha value is -2.88. The number of fused-ring (bicyclic) bond motifs is 1. The van der Waals surface area contributed by atoms with Gasteiger partial charge in [0.1, 0.15) is 0 Å². The molecular weight excluding hydrogens is 266 g/mol. The monoisotopic (exact) mass is 278 g/mol. The van der Waals surface area contributed by atoms with E-state index in [1.54, 1.807) is 4.40 Å². The molecule has 0 aliphatic rings. The van der Waals surface area contributed by atoms with E-state index in [0.29, 0.717) is 11.3 Å². The van der Waals surface area contributed by atoms with E-state index in [4.69, 9.17) is 5.11 Å². The maximum atomic E-state index is 12.6. The second-order valence-corrected chi connectivity index (χ2v) is 4.77. The quantitative estimate of drug-likeness (QED) is 0.749. The highest BCUT2D eigenvalue weighted by atomic mass is 16.4. The minimum Gasteiger partial charge on any atom is -0.478 e. The molecule has 0 aliphatic carbocycles. The molecule has 1 aromatic carbocycles. The number of aryl methyl sites for hydroxylation is 1. The molecule has 103 valence electrons. The van der Waals surface area contributed by atoms with E-state index >= 15 is 0 Å². The van der Waals surface area contributed by atoms with Gasteiger partial charge in [-0.1, -0.05) is 18.2 Å². The molecule has 0 fully saturated rings. The van der Waals surface area contributed by atoms with Crippen LogP contribution in [0.3, 0.4) is 0 Å². The number of carboxylic acids is 1. The van der Waals surface area contributed by atoms with Crippen molar-refractivity contribution in [1.29, 1.82) is 0 Å². The Morgan fingerprint density at radius 3 is 2.38 bits per heavy atom. The maximum Gasteiger partial charge on any atom is 0.335 e. The van der Waals surface area contributed by atoms with Crippen LogP contribution in [0.1, 0.15) is 32.0 Å². The molecule has 1 N–H and O–H groups in total. The Morgan fingerprint density at radius 1 is 1.05 bits per heavy atom. The van der Waals surface area contributed by atoms with Crippen LogP contribution in [0.5, 0.6) is 0 Å². The van der Waals surface area contributed by atoms with Crippen molar-refractivity contribution in [2.45, 2.75) is 6.92 Å². The van der Waals surface area contributed by atoms with E-state index in [9.17, 15) is 9.59 Å². The highest BCUT2D eigenvalue weighted by molar-refractivity contribution is 6.09. The fraction of sp³-hybridized carbons (Fsp3) is 0.0588. The number of hydrogen-bond acceptors (Lipinski definition) is 2. The first-order chi connectivity index (χ1) is 10.1. The first-order valence-electron chi connectivity index (χ1n) is 6.45. The number of pyridine rings is 1. The minimum absolute atomic E-state index is 0.146. The van der Waals surface area contributed by atoms with Gasteiger partial charge in [0.05, 0.1) is 16.8 Å². The zero-order valence-electron chi connectivity index (χ0n) is 11.3. The van der Waals surface area contributed by atoms with Crippen LogP contribution in [0.2, 0.25) is 0 Å². The van der Waals surface area contributed by atoms with Gasteiger partial charge in [-0.2, -0.15) is 0 Å². The van der Waals surface area contributed by atoms with Crippen molar-refractivity contribution in [2.75, 3.05) is 0 Å². The summed E-state index contributed by atoms with van der Waals surface area (Å²) >= 11 is 0. The van der Waals surface area contributed by atoms with Gasteiger partial charge in [-0.05, 0) is 36.8 Å². The predicted molar refractivity (Wildman–Crippen MR) is 77.8 cm³/mol. The van der Waals surface area contributed by atoms with Gasteiger partial charge in [0.2, 0.25) is 5.78 Å². The van der Waals surface area contributed by atoms with E-state index in [1.165, 1.54) is 24.3 Å². The number of aromatic carboxylic acids is 1. The number of nitrogens with zero attached hydrogens (tertiary/aromatic N) is 1. The van der Waals surface area contributed by atoms with E-state index in [1.807, 2.05) is 31.3 Å². The average Bonchev–Trinajstić information content (AvgIpc) is 2.82. The molecule has 3 rings (SSSR count). The average molecular weight is 278 g/mol. The maximum absolute atomic E-state index is 12.6. The Morgan fingerprint density at radius 2 is 1.71 bits per heavy atom. The molecule has 1 radical (unpaired) electrons.